The third-order valence-electron chi connectivity index (χ3n) is 4.41. The predicted octanol–water partition coefficient (Wildman–Crippen LogP) is 8.18. The van der Waals surface area contributed by atoms with E-state index in [1.54, 1.807) is 0 Å². The average molecular weight is 383 g/mol. The van der Waals surface area contributed by atoms with Crippen molar-refractivity contribution in [2.24, 2.45) is 10.2 Å². The molecule has 0 saturated heterocycles. The van der Waals surface area contributed by atoms with E-state index in [2.05, 4.69) is 91.5 Å². The zero-order valence-electron chi connectivity index (χ0n) is 18.3. The molecule has 27 heavy (non-hydrogen) atoms. The van der Waals surface area contributed by atoms with Crippen molar-refractivity contribution < 1.29 is 4.43 Å². The Labute approximate surface area is 166 Å². The Bertz CT molecular complexity index is 807. The predicted molar refractivity (Wildman–Crippen MR) is 119 cm³/mol. The van der Waals surface area contributed by atoms with Crippen LogP contribution in [-0.2, 0) is 0 Å². The van der Waals surface area contributed by atoms with Crippen LogP contribution >= 0.6 is 0 Å². The van der Waals surface area contributed by atoms with Crippen molar-refractivity contribution in [2.45, 2.75) is 73.0 Å². The number of hydrogen-bond acceptors (Lipinski definition) is 3. The van der Waals surface area contributed by atoms with Crippen LogP contribution in [0.3, 0.4) is 0 Å². The van der Waals surface area contributed by atoms with Gasteiger partial charge in [-0.15, -0.1) is 10.2 Å². The topological polar surface area (TPSA) is 34.0 Å². The van der Waals surface area contributed by atoms with Crippen LogP contribution in [0.4, 0.5) is 11.4 Å². The number of hydrogen-bond donors (Lipinski definition) is 0. The summed E-state index contributed by atoms with van der Waals surface area (Å²) >= 11 is 0. The summed E-state index contributed by atoms with van der Waals surface area (Å²) in [6.07, 6.45) is 0. The van der Waals surface area contributed by atoms with Crippen LogP contribution in [0.25, 0.3) is 0 Å². The summed E-state index contributed by atoms with van der Waals surface area (Å²) < 4.78 is 6.35. The lowest BCUT2D eigenvalue weighted by molar-refractivity contribution is 0.553. The molecule has 2 aromatic carbocycles. The fourth-order valence-electron chi connectivity index (χ4n) is 3.18. The van der Waals surface area contributed by atoms with Gasteiger partial charge >= 0.3 is 0 Å². The van der Waals surface area contributed by atoms with Gasteiger partial charge < -0.3 is 4.43 Å². The van der Waals surface area contributed by atoms with Crippen molar-refractivity contribution >= 4 is 19.7 Å². The summed E-state index contributed by atoms with van der Waals surface area (Å²) in [5, 5.41) is 9.44. The third-order valence-corrected chi connectivity index (χ3v) is 5.22. The Morgan fingerprint density at radius 1 is 0.852 bits per heavy atom. The smallest absolute Gasteiger partial charge is 0.242 e. The fourth-order valence-corrected chi connectivity index (χ4v) is 4.05. The lowest BCUT2D eigenvalue weighted by Gasteiger charge is -2.22. The van der Waals surface area contributed by atoms with Gasteiger partial charge in [0.1, 0.15) is 11.4 Å². The summed E-state index contributed by atoms with van der Waals surface area (Å²) in [4.78, 5) is 0. The monoisotopic (exact) mass is 382 g/mol. The molecule has 0 heterocycles. The maximum atomic E-state index is 6.35. The molecule has 0 amide bonds. The molecule has 0 radical (unpaired) electrons. The number of aryl methyl sites for hydroxylation is 2. The van der Waals surface area contributed by atoms with Crippen LogP contribution < -0.4 is 4.43 Å². The standard InChI is InChI=1S/C23H34N2OSi/c1-15(2)19-11-10-12-20(16(3)4)22(19)25-24-21-14-17(5)13-18(6)23(21)26-27(7,8)9/h10-16H,1-9H3. The lowest BCUT2D eigenvalue weighted by Crippen LogP contribution is -2.29. The first-order valence-electron chi connectivity index (χ1n) is 9.84. The van der Waals surface area contributed by atoms with Crippen LogP contribution in [0.1, 0.15) is 61.8 Å². The summed E-state index contributed by atoms with van der Waals surface area (Å²) in [7, 11) is -1.75. The van der Waals surface area contributed by atoms with Crippen molar-refractivity contribution in [1.29, 1.82) is 0 Å². The second kappa shape index (κ2) is 8.38. The van der Waals surface area contributed by atoms with Crippen LogP contribution in [0, 0.1) is 13.8 Å². The molecule has 0 N–H and O–H groups in total. The van der Waals surface area contributed by atoms with E-state index >= 15 is 0 Å². The minimum absolute atomic E-state index is 0.398. The number of rotatable bonds is 6. The van der Waals surface area contributed by atoms with Gasteiger partial charge in [0.15, 0.2) is 0 Å². The lowest BCUT2D eigenvalue weighted by atomic mass is 9.93. The number of nitrogens with zero attached hydrogens (tertiary/aromatic N) is 2. The van der Waals surface area contributed by atoms with E-state index in [4.69, 9.17) is 14.7 Å². The molecule has 146 valence electrons. The Hall–Kier alpha value is -1.94. The first kappa shape index (κ1) is 21.4. The molecule has 2 rings (SSSR count). The molecule has 0 fully saturated rings. The van der Waals surface area contributed by atoms with Crippen molar-refractivity contribution in [1.82, 2.24) is 0 Å². The molecular formula is C23H34N2OSi. The summed E-state index contributed by atoms with van der Waals surface area (Å²) in [5.74, 6) is 1.67. The molecule has 0 aromatic heterocycles. The summed E-state index contributed by atoms with van der Waals surface area (Å²) in [6.45, 7) is 19.6. The van der Waals surface area contributed by atoms with Gasteiger partial charge in [-0.05, 0) is 73.6 Å². The Morgan fingerprint density at radius 2 is 1.41 bits per heavy atom. The van der Waals surface area contributed by atoms with Gasteiger partial charge in [0, 0.05) is 0 Å². The van der Waals surface area contributed by atoms with Crippen molar-refractivity contribution in [3.05, 3.63) is 52.6 Å². The maximum absolute atomic E-state index is 6.35. The van der Waals surface area contributed by atoms with Gasteiger partial charge in [-0.2, -0.15) is 0 Å². The average Bonchev–Trinajstić information content (AvgIpc) is 2.54. The van der Waals surface area contributed by atoms with Gasteiger partial charge in [-0.3, -0.25) is 0 Å². The summed E-state index contributed by atoms with van der Waals surface area (Å²) in [5.41, 5.74) is 6.59. The molecule has 2 aromatic rings. The Kier molecular flexibility index (Phi) is 6.63. The molecule has 0 aliphatic heterocycles. The fraction of sp³-hybridized carbons (Fsp3) is 0.478. The minimum atomic E-state index is -1.75. The second-order valence-electron chi connectivity index (χ2n) is 8.94. The van der Waals surface area contributed by atoms with Crippen LogP contribution in [0.2, 0.25) is 19.6 Å². The Morgan fingerprint density at radius 3 is 1.89 bits per heavy atom. The maximum Gasteiger partial charge on any atom is 0.242 e. The van der Waals surface area contributed by atoms with Crippen molar-refractivity contribution in [3.63, 3.8) is 0 Å². The molecule has 0 spiro atoms. The normalized spacial score (nSPS) is 12.4. The van der Waals surface area contributed by atoms with Gasteiger partial charge in [0.2, 0.25) is 8.32 Å². The van der Waals surface area contributed by atoms with E-state index < -0.39 is 8.32 Å². The largest absolute Gasteiger partial charge is 0.543 e. The van der Waals surface area contributed by atoms with Gasteiger partial charge in [0.05, 0.1) is 5.69 Å². The van der Waals surface area contributed by atoms with E-state index in [0.717, 1.165) is 22.7 Å². The molecule has 0 saturated carbocycles. The number of azo groups is 1. The van der Waals surface area contributed by atoms with Crippen LogP contribution in [0.5, 0.6) is 5.75 Å². The highest BCUT2D eigenvalue weighted by Crippen LogP contribution is 2.39. The molecule has 0 unspecified atom stereocenters. The minimum Gasteiger partial charge on any atom is -0.543 e. The molecule has 3 nitrogen and oxygen atoms in total. The van der Waals surface area contributed by atoms with Gasteiger partial charge in [0.25, 0.3) is 0 Å². The van der Waals surface area contributed by atoms with E-state index in [0.29, 0.717) is 11.8 Å². The van der Waals surface area contributed by atoms with Gasteiger partial charge in [-0.1, -0.05) is 52.0 Å². The quantitative estimate of drug-likeness (QED) is 0.366. The zero-order chi connectivity index (χ0) is 20.4. The SMILES string of the molecule is Cc1cc(C)c(O[Si](C)(C)C)c(N=Nc2c(C(C)C)cccc2C(C)C)c1. The van der Waals surface area contributed by atoms with E-state index in [-0.39, 0.29) is 0 Å². The summed E-state index contributed by atoms with van der Waals surface area (Å²) in [6, 6.07) is 10.7. The first-order chi connectivity index (χ1) is 12.5. The van der Waals surface area contributed by atoms with Gasteiger partial charge in [-0.25, -0.2) is 0 Å². The first-order valence-corrected chi connectivity index (χ1v) is 13.2. The van der Waals surface area contributed by atoms with Crippen molar-refractivity contribution in [3.8, 4) is 5.75 Å². The van der Waals surface area contributed by atoms with Crippen LogP contribution in [-0.4, -0.2) is 8.32 Å². The highest BCUT2D eigenvalue weighted by Gasteiger charge is 2.20. The molecule has 0 aliphatic carbocycles. The molecule has 0 bridgehead atoms. The number of benzene rings is 2. The van der Waals surface area contributed by atoms with E-state index in [1.807, 2.05) is 0 Å². The Balaban J connectivity index is 2.59. The van der Waals surface area contributed by atoms with E-state index in [1.165, 1.54) is 16.7 Å². The second-order valence-corrected chi connectivity index (χ2v) is 13.4. The highest BCUT2D eigenvalue weighted by atomic mass is 28.4. The van der Waals surface area contributed by atoms with Crippen molar-refractivity contribution in [2.75, 3.05) is 0 Å². The molecule has 0 atom stereocenters. The molecular weight excluding hydrogens is 348 g/mol. The third kappa shape index (κ3) is 5.52. The highest BCUT2D eigenvalue weighted by molar-refractivity contribution is 6.70. The zero-order valence-corrected chi connectivity index (χ0v) is 19.3. The van der Waals surface area contributed by atoms with E-state index in [9.17, 15) is 0 Å². The molecule has 0 aliphatic rings. The molecule has 4 heteroatoms. The van der Waals surface area contributed by atoms with Crippen LogP contribution in [0.15, 0.2) is 40.6 Å².